The topological polar surface area (TPSA) is 64.1 Å². The van der Waals surface area contributed by atoms with Gasteiger partial charge in [-0.1, -0.05) is 35.1 Å². The van der Waals surface area contributed by atoms with Crippen LogP contribution >= 0.6 is 35.3 Å². The number of hydrogen-bond acceptors (Lipinski definition) is 7. The van der Waals surface area contributed by atoms with Gasteiger partial charge >= 0.3 is 0 Å². The number of ether oxygens (including phenoxy) is 3. The quantitative estimate of drug-likeness (QED) is 0.434. The summed E-state index contributed by atoms with van der Waals surface area (Å²) < 4.78 is 17.3. The van der Waals surface area contributed by atoms with Gasteiger partial charge in [0.2, 0.25) is 0 Å². The van der Waals surface area contributed by atoms with Crippen LogP contribution in [-0.4, -0.2) is 69.4 Å². The number of thiazole rings is 1. The zero-order chi connectivity index (χ0) is 22.5. The van der Waals surface area contributed by atoms with Crippen LogP contribution in [0.4, 0.5) is 5.13 Å². The molecule has 0 radical (unpaired) electrons. The van der Waals surface area contributed by atoms with E-state index in [-0.39, 0.29) is 18.3 Å². The van der Waals surface area contributed by atoms with Crippen LogP contribution in [0, 0.1) is 0 Å². The molecule has 33 heavy (non-hydrogen) atoms. The molecule has 0 aliphatic carbocycles. The maximum atomic E-state index is 13.7. The number of amides is 1. The number of hydrogen-bond donors (Lipinski definition) is 0. The number of methoxy groups -OCH3 is 2. The van der Waals surface area contributed by atoms with Gasteiger partial charge in [-0.3, -0.25) is 14.6 Å². The number of nitrogens with zero attached hydrogens (tertiary/aromatic N) is 3. The number of para-hydroxylation sites is 2. The van der Waals surface area contributed by atoms with Gasteiger partial charge in [0.15, 0.2) is 16.6 Å². The molecule has 1 amide bonds. The fourth-order valence-electron chi connectivity index (χ4n) is 3.78. The highest BCUT2D eigenvalue weighted by Crippen LogP contribution is 2.36. The Labute approximate surface area is 208 Å². The Balaban J connectivity index is 0.00000306. The molecule has 4 rings (SSSR count). The maximum Gasteiger partial charge on any atom is 0.263 e. The third-order valence-electron chi connectivity index (χ3n) is 5.43. The molecule has 1 saturated heterocycles. The highest BCUT2D eigenvalue weighted by atomic mass is 35.5. The van der Waals surface area contributed by atoms with E-state index in [1.165, 1.54) is 18.4 Å². The first-order valence-corrected chi connectivity index (χ1v) is 11.7. The zero-order valence-electron chi connectivity index (χ0n) is 18.6. The molecule has 1 aliphatic rings. The van der Waals surface area contributed by atoms with Crippen molar-refractivity contribution >= 4 is 56.6 Å². The Morgan fingerprint density at radius 2 is 1.94 bits per heavy atom. The predicted molar refractivity (Wildman–Crippen MR) is 135 cm³/mol. The molecule has 178 valence electrons. The standard InChI is InChI=1S/C23H26ClN3O4S.ClH/c1-29-18-8-3-6-16(21(18)30-2)22(28)27(11-5-10-26-12-14-31-15-13-26)23-25-20-17(24)7-4-9-19(20)32-23;/h3-4,6-9H,5,10-15H2,1-2H3;1H. The van der Waals surface area contributed by atoms with Crippen molar-refractivity contribution in [2.75, 3.05) is 58.5 Å². The Hall–Kier alpha value is -2.10. The first kappa shape index (κ1) is 25.5. The molecule has 2 aromatic carbocycles. The number of halogens is 2. The van der Waals surface area contributed by atoms with Crippen LogP contribution in [0.3, 0.4) is 0 Å². The summed E-state index contributed by atoms with van der Waals surface area (Å²) in [6, 6.07) is 11.0. The van der Waals surface area contributed by atoms with Crippen molar-refractivity contribution in [1.29, 1.82) is 0 Å². The lowest BCUT2D eigenvalue weighted by molar-refractivity contribution is 0.0376. The average molecular weight is 512 g/mol. The summed E-state index contributed by atoms with van der Waals surface area (Å²) in [6.45, 7) is 4.73. The minimum absolute atomic E-state index is 0. The molecule has 0 atom stereocenters. The van der Waals surface area contributed by atoms with Crippen molar-refractivity contribution in [1.82, 2.24) is 9.88 Å². The van der Waals surface area contributed by atoms with Crippen molar-refractivity contribution in [3.63, 3.8) is 0 Å². The number of fused-ring (bicyclic) bond motifs is 1. The molecule has 2 heterocycles. The summed E-state index contributed by atoms with van der Waals surface area (Å²) in [7, 11) is 3.09. The first-order chi connectivity index (χ1) is 15.6. The van der Waals surface area contributed by atoms with Gasteiger partial charge in [0.1, 0.15) is 5.52 Å². The second-order valence-corrected chi connectivity index (χ2v) is 8.80. The molecule has 1 aliphatic heterocycles. The molecule has 10 heteroatoms. The van der Waals surface area contributed by atoms with Gasteiger partial charge in [-0.2, -0.15) is 0 Å². The van der Waals surface area contributed by atoms with E-state index in [2.05, 4.69) is 4.90 Å². The van der Waals surface area contributed by atoms with Gasteiger partial charge in [-0.15, -0.1) is 12.4 Å². The summed E-state index contributed by atoms with van der Waals surface area (Å²) in [5.41, 5.74) is 1.14. The number of rotatable bonds is 8. The number of aromatic nitrogens is 1. The fraction of sp³-hybridized carbons (Fsp3) is 0.391. The number of morpholine rings is 1. The number of benzene rings is 2. The van der Waals surface area contributed by atoms with Gasteiger partial charge in [0, 0.05) is 26.2 Å². The molecule has 3 aromatic rings. The smallest absolute Gasteiger partial charge is 0.263 e. The lowest BCUT2D eigenvalue weighted by Gasteiger charge is -2.28. The molecule has 0 unspecified atom stereocenters. The predicted octanol–water partition coefficient (Wildman–Crippen LogP) is 4.76. The van der Waals surface area contributed by atoms with Crippen molar-refractivity contribution in [2.45, 2.75) is 6.42 Å². The van der Waals surface area contributed by atoms with Crippen LogP contribution in [0.2, 0.25) is 5.02 Å². The third-order valence-corrected chi connectivity index (χ3v) is 6.78. The van der Waals surface area contributed by atoms with Crippen LogP contribution in [0.5, 0.6) is 11.5 Å². The average Bonchev–Trinajstić information content (AvgIpc) is 3.27. The highest BCUT2D eigenvalue weighted by molar-refractivity contribution is 7.22. The van der Waals surface area contributed by atoms with Crippen LogP contribution in [0.25, 0.3) is 10.2 Å². The molecular weight excluding hydrogens is 485 g/mol. The summed E-state index contributed by atoms with van der Waals surface area (Å²) in [4.78, 5) is 22.5. The van der Waals surface area contributed by atoms with Crippen molar-refractivity contribution in [3.8, 4) is 11.5 Å². The normalized spacial score (nSPS) is 14.0. The van der Waals surface area contributed by atoms with Crippen molar-refractivity contribution in [3.05, 3.63) is 47.0 Å². The highest BCUT2D eigenvalue weighted by Gasteiger charge is 2.26. The van der Waals surface area contributed by atoms with E-state index in [1.807, 2.05) is 18.2 Å². The van der Waals surface area contributed by atoms with E-state index in [0.717, 1.165) is 44.0 Å². The SMILES string of the molecule is COc1cccc(C(=O)N(CCCN2CCOCC2)c2nc3c(Cl)cccc3s2)c1OC.Cl. The fourth-order valence-corrected chi connectivity index (χ4v) is 5.07. The van der Waals surface area contributed by atoms with Crippen molar-refractivity contribution < 1.29 is 19.0 Å². The van der Waals surface area contributed by atoms with Crippen LogP contribution in [0.15, 0.2) is 36.4 Å². The Morgan fingerprint density at radius 1 is 1.18 bits per heavy atom. The molecule has 1 aromatic heterocycles. The number of carbonyl (C=O) groups is 1. The molecule has 0 saturated carbocycles. The summed E-state index contributed by atoms with van der Waals surface area (Å²) in [5.74, 6) is 0.745. The monoisotopic (exact) mass is 511 g/mol. The van der Waals surface area contributed by atoms with Gasteiger partial charge in [0.05, 0.1) is 42.7 Å². The second kappa shape index (κ2) is 11.9. The first-order valence-electron chi connectivity index (χ1n) is 10.5. The lowest BCUT2D eigenvalue weighted by atomic mass is 10.1. The maximum absolute atomic E-state index is 13.7. The molecule has 0 bridgehead atoms. The largest absolute Gasteiger partial charge is 0.493 e. The summed E-state index contributed by atoms with van der Waals surface area (Å²) in [5, 5.41) is 1.19. The van der Waals surface area contributed by atoms with E-state index in [0.29, 0.717) is 39.3 Å². The lowest BCUT2D eigenvalue weighted by Crippen LogP contribution is -2.39. The number of anilines is 1. The van der Waals surface area contributed by atoms with Gasteiger partial charge in [-0.25, -0.2) is 4.98 Å². The van der Waals surface area contributed by atoms with E-state index >= 15 is 0 Å². The summed E-state index contributed by atoms with van der Waals surface area (Å²) in [6.07, 6.45) is 0.807. The van der Waals surface area contributed by atoms with E-state index in [1.54, 1.807) is 30.2 Å². The molecule has 0 spiro atoms. The minimum Gasteiger partial charge on any atom is -0.493 e. The Morgan fingerprint density at radius 3 is 2.64 bits per heavy atom. The third kappa shape index (κ3) is 5.70. The van der Waals surface area contributed by atoms with Gasteiger partial charge in [-0.05, 0) is 30.7 Å². The Kier molecular flexibility index (Phi) is 9.17. The summed E-state index contributed by atoms with van der Waals surface area (Å²) >= 11 is 7.81. The second-order valence-electron chi connectivity index (χ2n) is 7.39. The van der Waals surface area contributed by atoms with Gasteiger partial charge in [0.25, 0.3) is 5.91 Å². The molecular formula is C23H27Cl2N3O4S. The molecule has 7 nitrogen and oxygen atoms in total. The zero-order valence-corrected chi connectivity index (χ0v) is 21.0. The van der Waals surface area contributed by atoms with Crippen LogP contribution in [0.1, 0.15) is 16.8 Å². The van der Waals surface area contributed by atoms with Crippen LogP contribution < -0.4 is 14.4 Å². The van der Waals surface area contributed by atoms with E-state index < -0.39 is 0 Å². The Bertz CT molecular complexity index is 1090. The minimum atomic E-state index is -0.182. The van der Waals surface area contributed by atoms with E-state index in [4.69, 9.17) is 30.8 Å². The van der Waals surface area contributed by atoms with E-state index in [9.17, 15) is 4.79 Å². The molecule has 1 fully saturated rings. The molecule has 0 N–H and O–H groups in total. The van der Waals surface area contributed by atoms with Crippen LogP contribution in [-0.2, 0) is 4.74 Å². The van der Waals surface area contributed by atoms with Crippen molar-refractivity contribution in [2.24, 2.45) is 0 Å². The number of carbonyl (C=O) groups excluding carboxylic acids is 1. The van der Waals surface area contributed by atoms with Gasteiger partial charge < -0.3 is 14.2 Å².